The Morgan fingerprint density at radius 1 is 1.35 bits per heavy atom. The minimum atomic E-state index is -0.277. The van der Waals surface area contributed by atoms with Crippen LogP contribution in [0.3, 0.4) is 0 Å². The number of pyridine rings is 1. The van der Waals surface area contributed by atoms with E-state index in [0.717, 1.165) is 25.2 Å². The summed E-state index contributed by atoms with van der Waals surface area (Å²) in [6.45, 7) is 10.3. The van der Waals surface area contributed by atoms with Gasteiger partial charge in [0, 0.05) is 25.3 Å². The Bertz CT molecular complexity index is 326. The molecule has 0 fully saturated rings. The Hall–Kier alpha value is -1.00. The number of aromatic nitrogens is 1. The number of rotatable bonds is 7. The normalized spacial score (nSPS) is 13.0. The molecular formula is C13H22FN3. The summed E-state index contributed by atoms with van der Waals surface area (Å²) in [7, 11) is 0. The van der Waals surface area contributed by atoms with Crippen molar-refractivity contribution in [2.24, 2.45) is 0 Å². The zero-order valence-corrected chi connectivity index (χ0v) is 10.9. The van der Waals surface area contributed by atoms with E-state index in [9.17, 15) is 4.39 Å². The zero-order chi connectivity index (χ0) is 12.7. The number of likely N-dealkylation sites (N-methyl/N-ethyl adjacent to an activating group) is 1. The van der Waals surface area contributed by atoms with Crippen molar-refractivity contribution in [2.75, 3.05) is 19.6 Å². The van der Waals surface area contributed by atoms with Gasteiger partial charge in [-0.2, -0.15) is 0 Å². The first kappa shape index (κ1) is 14.1. The highest BCUT2D eigenvalue weighted by molar-refractivity contribution is 5.09. The Labute approximate surface area is 103 Å². The van der Waals surface area contributed by atoms with Gasteiger partial charge in [0.25, 0.3) is 0 Å². The maximum atomic E-state index is 12.9. The van der Waals surface area contributed by atoms with Crippen molar-refractivity contribution in [2.45, 2.75) is 33.4 Å². The minimum Gasteiger partial charge on any atom is -0.309 e. The van der Waals surface area contributed by atoms with Gasteiger partial charge in [-0.25, -0.2) is 4.39 Å². The second-order valence-electron chi connectivity index (χ2n) is 4.28. The molecule has 0 saturated heterocycles. The summed E-state index contributed by atoms with van der Waals surface area (Å²) in [6, 6.07) is 1.91. The van der Waals surface area contributed by atoms with Crippen LogP contribution in [0, 0.1) is 5.82 Å². The van der Waals surface area contributed by atoms with Gasteiger partial charge in [-0.1, -0.05) is 13.8 Å². The van der Waals surface area contributed by atoms with Crippen LogP contribution in [0.4, 0.5) is 4.39 Å². The van der Waals surface area contributed by atoms with Crippen LogP contribution in [0.15, 0.2) is 18.5 Å². The number of nitrogens with zero attached hydrogens (tertiary/aromatic N) is 2. The molecule has 0 aliphatic carbocycles. The summed E-state index contributed by atoms with van der Waals surface area (Å²) in [5.74, 6) is -0.277. The molecule has 1 aromatic rings. The van der Waals surface area contributed by atoms with Gasteiger partial charge in [0.2, 0.25) is 0 Å². The zero-order valence-electron chi connectivity index (χ0n) is 10.9. The van der Waals surface area contributed by atoms with E-state index >= 15 is 0 Å². The van der Waals surface area contributed by atoms with Crippen LogP contribution < -0.4 is 5.32 Å². The summed E-state index contributed by atoms with van der Waals surface area (Å²) in [5.41, 5.74) is 0.886. The fraction of sp³-hybridized carbons (Fsp3) is 0.615. The molecule has 1 heterocycles. The number of halogens is 1. The van der Waals surface area contributed by atoms with Crippen LogP contribution in [0.5, 0.6) is 0 Å². The molecule has 0 amide bonds. The molecule has 96 valence electrons. The van der Waals surface area contributed by atoms with E-state index in [0.29, 0.717) is 12.6 Å². The van der Waals surface area contributed by atoms with E-state index in [2.05, 4.69) is 36.0 Å². The highest BCUT2D eigenvalue weighted by Gasteiger charge is 2.06. The first-order valence-corrected chi connectivity index (χ1v) is 6.20. The molecule has 1 unspecified atom stereocenters. The van der Waals surface area contributed by atoms with E-state index in [1.807, 2.05) is 0 Å². The summed E-state index contributed by atoms with van der Waals surface area (Å²) in [6.07, 6.45) is 2.92. The topological polar surface area (TPSA) is 28.2 Å². The summed E-state index contributed by atoms with van der Waals surface area (Å²) < 4.78 is 12.9. The quantitative estimate of drug-likeness (QED) is 0.789. The molecule has 0 aliphatic heterocycles. The van der Waals surface area contributed by atoms with Gasteiger partial charge in [-0.05, 0) is 31.6 Å². The number of hydrogen-bond donors (Lipinski definition) is 1. The van der Waals surface area contributed by atoms with Gasteiger partial charge in [-0.3, -0.25) is 4.98 Å². The molecule has 1 rings (SSSR count). The van der Waals surface area contributed by atoms with Crippen molar-refractivity contribution in [3.63, 3.8) is 0 Å². The van der Waals surface area contributed by atoms with E-state index in [1.54, 1.807) is 6.20 Å². The van der Waals surface area contributed by atoms with Crippen molar-refractivity contribution in [3.8, 4) is 0 Å². The third-order valence-electron chi connectivity index (χ3n) is 2.84. The molecule has 1 aromatic heterocycles. The first-order valence-electron chi connectivity index (χ1n) is 6.20. The molecule has 1 atom stereocenters. The fourth-order valence-corrected chi connectivity index (χ4v) is 1.78. The maximum Gasteiger partial charge on any atom is 0.141 e. The first-order chi connectivity index (χ1) is 8.15. The van der Waals surface area contributed by atoms with Gasteiger partial charge in [0.15, 0.2) is 0 Å². The molecule has 0 saturated carbocycles. The monoisotopic (exact) mass is 239 g/mol. The lowest BCUT2D eigenvalue weighted by Gasteiger charge is -2.23. The van der Waals surface area contributed by atoms with Crippen LogP contribution in [-0.2, 0) is 6.54 Å². The Morgan fingerprint density at radius 2 is 2.06 bits per heavy atom. The average molecular weight is 239 g/mol. The smallest absolute Gasteiger partial charge is 0.141 e. The summed E-state index contributed by atoms with van der Waals surface area (Å²) >= 11 is 0. The number of hydrogen-bond acceptors (Lipinski definition) is 3. The molecule has 4 heteroatoms. The van der Waals surface area contributed by atoms with Crippen LogP contribution in [0.2, 0.25) is 0 Å². The predicted molar refractivity (Wildman–Crippen MR) is 68.3 cm³/mol. The second kappa shape index (κ2) is 7.35. The predicted octanol–water partition coefficient (Wildman–Crippen LogP) is 2.04. The molecule has 1 N–H and O–H groups in total. The maximum absolute atomic E-state index is 12.9. The van der Waals surface area contributed by atoms with Gasteiger partial charge >= 0.3 is 0 Å². The molecule has 17 heavy (non-hydrogen) atoms. The van der Waals surface area contributed by atoms with Crippen LogP contribution in [-0.4, -0.2) is 35.6 Å². The van der Waals surface area contributed by atoms with Crippen LogP contribution in [0.25, 0.3) is 0 Å². The SMILES string of the molecule is CCN(CC)CC(C)NCc1cncc(F)c1. The van der Waals surface area contributed by atoms with E-state index in [-0.39, 0.29) is 5.82 Å². The Balaban J connectivity index is 2.35. The Morgan fingerprint density at radius 3 is 2.65 bits per heavy atom. The third kappa shape index (κ3) is 5.24. The minimum absolute atomic E-state index is 0.277. The van der Waals surface area contributed by atoms with Crippen molar-refractivity contribution < 1.29 is 4.39 Å². The van der Waals surface area contributed by atoms with Crippen LogP contribution >= 0.6 is 0 Å². The van der Waals surface area contributed by atoms with Crippen LogP contribution in [0.1, 0.15) is 26.3 Å². The largest absolute Gasteiger partial charge is 0.309 e. The van der Waals surface area contributed by atoms with E-state index < -0.39 is 0 Å². The van der Waals surface area contributed by atoms with Crippen molar-refractivity contribution >= 4 is 0 Å². The van der Waals surface area contributed by atoms with E-state index in [1.165, 1.54) is 12.3 Å². The van der Waals surface area contributed by atoms with Gasteiger partial charge < -0.3 is 10.2 Å². The van der Waals surface area contributed by atoms with Crippen molar-refractivity contribution in [1.82, 2.24) is 15.2 Å². The van der Waals surface area contributed by atoms with Crippen molar-refractivity contribution in [3.05, 3.63) is 29.8 Å². The lowest BCUT2D eigenvalue weighted by molar-refractivity contribution is 0.270. The Kier molecular flexibility index (Phi) is 6.08. The number of nitrogens with one attached hydrogen (secondary N) is 1. The molecule has 0 spiro atoms. The van der Waals surface area contributed by atoms with Gasteiger partial charge in [-0.15, -0.1) is 0 Å². The molecule has 0 aromatic carbocycles. The lowest BCUT2D eigenvalue weighted by atomic mass is 10.2. The summed E-state index contributed by atoms with van der Waals surface area (Å²) in [4.78, 5) is 6.19. The highest BCUT2D eigenvalue weighted by atomic mass is 19.1. The standard InChI is InChI=1S/C13H22FN3/c1-4-17(5-2)10-11(3)16-8-12-6-13(14)9-15-7-12/h6-7,9,11,16H,4-5,8,10H2,1-3H3. The van der Waals surface area contributed by atoms with Crippen molar-refractivity contribution in [1.29, 1.82) is 0 Å². The van der Waals surface area contributed by atoms with Gasteiger partial charge in [0.05, 0.1) is 6.20 Å². The highest BCUT2D eigenvalue weighted by Crippen LogP contribution is 2.01. The molecular weight excluding hydrogens is 217 g/mol. The van der Waals surface area contributed by atoms with Gasteiger partial charge in [0.1, 0.15) is 5.82 Å². The molecule has 0 bridgehead atoms. The lowest BCUT2D eigenvalue weighted by Crippen LogP contribution is -2.38. The molecule has 0 radical (unpaired) electrons. The fourth-order valence-electron chi connectivity index (χ4n) is 1.78. The van der Waals surface area contributed by atoms with E-state index in [4.69, 9.17) is 0 Å². The third-order valence-corrected chi connectivity index (χ3v) is 2.84. The molecule has 0 aliphatic rings. The second-order valence-corrected chi connectivity index (χ2v) is 4.28. The molecule has 3 nitrogen and oxygen atoms in total. The average Bonchev–Trinajstić information content (AvgIpc) is 2.33. The summed E-state index contributed by atoms with van der Waals surface area (Å²) in [5, 5.41) is 3.38.